The number of aryl methyl sites for hydroxylation is 1. The fourth-order valence-corrected chi connectivity index (χ4v) is 3.79. The van der Waals surface area contributed by atoms with Gasteiger partial charge in [-0.1, -0.05) is 17.7 Å². The summed E-state index contributed by atoms with van der Waals surface area (Å²) in [6.45, 7) is 6.65. The molecule has 0 saturated carbocycles. The van der Waals surface area contributed by atoms with Crippen molar-refractivity contribution in [1.82, 2.24) is 20.0 Å². The second kappa shape index (κ2) is 7.18. The summed E-state index contributed by atoms with van der Waals surface area (Å²) in [6.07, 6.45) is 3.07. The van der Waals surface area contributed by atoms with Crippen LogP contribution in [0.3, 0.4) is 0 Å². The number of rotatable bonds is 2. The Labute approximate surface area is 154 Å². The second-order valence-corrected chi connectivity index (χ2v) is 6.93. The Morgan fingerprint density at radius 2 is 2.00 bits per heavy atom. The van der Waals surface area contributed by atoms with Crippen LogP contribution in [-0.2, 0) is 12.8 Å². The maximum Gasteiger partial charge on any atom is 0.274 e. The van der Waals surface area contributed by atoms with E-state index in [1.807, 2.05) is 9.58 Å². The molecule has 1 aromatic heterocycles. The maximum atomic E-state index is 13.1. The van der Waals surface area contributed by atoms with Crippen LogP contribution < -0.4 is 5.32 Å². The van der Waals surface area contributed by atoms with Gasteiger partial charge in [0.15, 0.2) is 5.69 Å². The van der Waals surface area contributed by atoms with Gasteiger partial charge in [-0.15, -0.1) is 12.4 Å². The second-order valence-electron chi connectivity index (χ2n) is 6.93. The lowest BCUT2D eigenvalue weighted by Crippen LogP contribution is -2.52. The lowest BCUT2D eigenvalue weighted by Gasteiger charge is -2.33. The van der Waals surface area contributed by atoms with Crippen molar-refractivity contribution in [2.45, 2.75) is 39.2 Å². The zero-order valence-electron chi connectivity index (χ0n) is 14.8. The standard InChI is InChI=1S/C19H24N4O.ClH/c1-13-6-8-15(9-7-13)23-17-5-3-4-16(17)18(21-23)19(24)22-11-10-20-12-14(22)2;/h6-9,14,20H,3-5,10-12H2,1-2H3;1H/t14-;/m0./s1. The molecule has 2 heterocycles. The number of hydrogen-bond donors (Lipinski definition) is 1. The summed E-state index contributed by atoms with van der Waals surface area (Å²) < 4.78 is 1.99. The van der Waals surface area contributed by atoms with E-state index < -0.39 is 0 Å². The molecule has 25 heavy (non-hydrogen) atoms. The summed E-state index contributed by atoms with van der Waals surface area (Å²) >= 11 is 0. The molecule has 2 aromatic rings. The molecule has 2 aliphatic rings. The van der Waals surface area contributed by atoms with E-state index in [1.165, 1.54) is 11.3 Å². The van der Waals surface area contributed by atoms with E-state index >= 15 is 0 Å². The molecule has 1 amide bonds. The molecule has 0 unspecified atom stereocenters. The van der Waals surface area contributed by atoms with E-state index in [1.54, 1.807) is 0 Å². The minimum absolute atomic E-state index is 0. The van der Waals surface area contributed by atoms with Crippen LogP contribution in [-0.4, -0.2) is 46.3 Å². The molecule has 1 aliphatic carbocycles. The number of benzene rings is 1. The third kappa shape index (κ3) is 3.18. The van der Waals surface area contributed by atoms with Crippen LogP contribution in [0, 0.1) is 6.92 Å². The van der Waals surface area contributed by atoms with E-state index in [4.69, 9.17) is 5.10 Å². The van der Waals surface area contributed by atoms with Gasteiger partial charge in [-0.25, -0.2) is 4.68 Å². The van der Waals surface area contributed by atoms with Crippen molar-refractivity contribution in [3.63, 3.8) is 0 Å². The fraction of sp³-hybridized carbons (Fsp3) is 0.474. The summed E-state index contributed by atoms with van der Waals surface area (Å²) in [6, 6.07) is 8.58. The minimum atomic E-state index is 0. The van der Waals surface area contributed by atoms with Gasteiger partial charge in [0, 0.05) is 36.9 Å². The van der Waals surface area contributed by atoms with E-state index in [2.05, 4.69) is 43.4 Å². The quantitative estimate of drug-likeness (QED) is 0.895. The monoisotopic (exact) mass is 360 g/mol. The van der Waals surface area contributed by atoms with Crippen molar-refractivity contribution in [3.8, 4) is 5.69 Å². The normalized spacial score (nSPS) is 19.4. The predicted molar refractivity (Wildman–Crippen MR) is 101 cm³/mol. The first-order chi connectivity index (χ1) is 11.6. The van der Waals surface area contributed by atoms with E-state index in [9.17, 15) is 4.79 Å². The summed E-state index contributed by atoms with van der Waals surface area (Å²) in [5, 5.41) is 8.09. The molecule has 1 saturated heterocycles. The van der Waals surface area contributed by atoms with Crippen LogP contribution >= 0.6 is 12.4 Å². The van der Waals surface area contributed by atoms with Gasteiger partial charge < -0.3 is 10.2 Å². The number of aromatic nitrogens is 2. The predicted octanol–water partition coefficient (Wildman–Crippen LogP) is 2.53. The largest absolute Gasteiger partial charge is 0.332 e. The average molecular weight is 361 g/mol. The number of piperazine rings is 1. The van der Waals surface area contributed by atoms with Crippen LogP contribution in [0.4, 0.5) is 0 Å². The Hall–Kier alpha value is -1.85. The molecule has 6 heteroatoms. The summed E-state index contributed by atoms with van der Waals surface area (Å²) in [5.41, 5.74) is 5.31. The number of nitrogens with one attached hydrogen (secondary N) is 1. The minimum Gasteiger partial charge on any atom is -0.332 e. The highest BCUT2D eigenvalue weighted by atomic mass is 35.5. The SMILES string of the molecule is Cc1ccc(-n2nc(C(=O)N3CCNC[C@@H]3C)c3c2CCC3)cc1.Cl. The highest BCUT2D eigenvalue weighted by Gasteiger charge is 2.32. The van der Waals surface area contributed by atoms with Gasteiger partial charge in [-0.05, 0) is 45.2 Å². The zero-order chi connectivity index (χ0) is 16.7. The summed E-state index contributed by atoms with van der Waals surface area (Å²) in [4.78, 5) is 15.1. The highest BCUT2D eigenvalue weighted by Crippen LogP contribution is 2.29. The van der Waals surface area contributed by atoms with Gasteiger partial charge in [-0.2, -0.15) is 5.10 Å². The van der Waals surface area contributed by atoms with Gasteiger partial charge >= 0.3 is 0 Å². The van der Waals surface area contributed by atoms with E-state index in [0.29, 0.717) is 5.69 Å². The first-order valence-electron chi connectivity index (χ1n) is 8.84. The van der Waals surface area contributed by atoms with Crippen molar-refractivity contribution in [1.29, 1.82) is 0 Å². The molecule has 134 valence electrons. The van der Waals surface area contributed by atoms with Crippen molar-refractivity contribution >= 4 is 18.3 Å². The lowest BCUT2D eigenvalue weighted by atomic mass is 10.1. The smallest absolute Gasteiger partial charge is 0.274 e. The first-order valence-corrected chi connectivity index (χ1v) is 8.84. The number of hydrogen-bond acceptors (Lipinski definition) is 3. The molecule has 1 N–H and O–H groups in total. The number of amides is 1. The van der Waals surface area contributed by atoms with Crippen molar-refractivity contribution in [2.24, 2.45) is 0 Å². The van der Waals surface area contributed by atoms with Gasteiger partial charge in [0.1, 0.15) is 0 Å². The number of carbonyl (C=O) groups excluding carboxylic acids is 1. The van der Waals surface area contributed by atoms with Crippen LogP contribution in [0.25, 0.3) is 5.69 Å². The third-order valence-electron chi connectivity index (χ3n) is 5.17. The van der Waals surface area contributed by atoms with Crippen LogP contribution in [0.15, 0.2) is 24.3 Å². The van der Waals surface area contributed by atoms with Crippen molar-refractivity contribution in [3.05, 3.63) is 46.8 Å². The molecule has 1 aromatic carbocycles. The zero-order valence-corrected chi connectivity index (χ0v) is 15.6. The number of carbonyl (C=O) groups is 1. The molecule has 4 rings (SSSR count). The van der Waals surface area contributed by atoms with Crippen molar-refractivity contribution < 1.29 is 4.79 Å². The Morgan fingerprint density at radius 3 is 2.72 bits per heavy atom. The van der Waals surface area contributed by atoms with Crippen LogP contribution in [0.1, 0.15) is 40.7 Å². The Morgan fingerprint density at radius 1 is 1.24 bits per heavy atom. The van der Waals surface area contributed by atoms with E-state index in [0.717, 1.165) is 50.1 Å². The highest BCUT2D eigenvalue weighted by molar-refractivity contribution is 5.94. The number of fused-ring (bicyclic) bond motifs is 1. The number of halogens is 1. The molecule has 1 fully saturated rings. The first kappa shape index (κ1) is 18.0. The van der Waals surface area contributed by atoms with Gasteiger partial charge in [0.2, 0.25) is 0 Å². The molecule has 5 nitrogen and oxygen atoms in total. The molecule has 1 atom stereocenters. The van der Waals surface area contributed by atoms with Crippen LogP contribution in [0.5, 0.6) is 0 Å². The van der Waals surface area contributed by atoms with Gasteiger partial charge in [0.25, 0.3) is 5.91 Å². The molecule has 1 aliphatic heterocycles. The third-order valence-corrected chi connectivity index (χ3v) is 5.17. The van der Waals surface area contributed by atoms with Gasteiger partial charge in [-0.3, -0.25) is 4.79 Å². The van der Waals surface area contributed by atoms with Crippen LogP contribution in [0.2, 0.25) is 0 Å². The summed E-state index contributed by atoms with van der Waals surface area (Å²) in [7, 11) is 0. The average Bonchev–Trinajstić information content (AvgIpc) is 3.18. The maximum absolute atomic E-state index is 13.1. The Kier molecular flexibility index (Phi) is 5.16. The molecule has 0 radical (unpaired) electrons. The molecule has 0 spiro atoms. The van der Waals surface area contributed by atoms with Gasteiger partial charge in [0.05, 0.1) is 5.69 Å². The fourth-order valence-electron chi connectivity index (χ4n) is 3.79. The Balaban J connectivity index is 0.00000182. The molecular weight excluding hydrogens is 336 g/mol. The van der Waals surface area contributed by atoms with E-state index in [-0.39, 0.29) is 24.4 Å². The number of nitrogens with zero attached hydrogens (tertiary/aromatic N) is 3. The Bertz CT molecular complexity index is 768. The topological polar surface area (TPSA) is 50.2 Å². The lowest BCUT2D eigenvalue weighted by molar-refractivity contribution is 0.0648. The molecule has 0 bridgehead atoms. The van der Waals surface area contributed by atoms with Crippen molar-refractivity contribution in [2.75, 3.05) is 19.6 Å². The molecular formula is C19H25ClN4O. The summed E-state index contributed by atoms with van der Waals surface area (Å²) in [5.74, 6) is 0.0908.